The molecule has 0 spiro atoms. The van der Waals surface area contributed by atoms with Crippen LogP contribution in [0.25, 0.3) is 0 Å². The van der Waals surface area contributed by atoms with Crippen LogP contribution in [-0.4, -0.2) is 20.2 Å². The van der Waals surface area contributed by atoms with Gasteiger partial charge in [0, 0.05) is 13.5 Å². The van der Waals surface area contributed by atoms with Gasteiger partial charge in [0.2, 0.25) is 0 Å². The highest BCUT2D eigenvalue weighted by atomic mass is 16.5. The van der Waals surface area contributed by atoms with Gasteiger partial charge in [-0.25, -0.2) is 4.68 Å². The van der Waals surface area contributed by atoms with Crippen LogP contribution >= 0.6 is 0 Å². The summed E-state index contributed by atoms with van der Waals surface area (Å²) in [6.07, 6.45) is 9.86. The maximum absolute atomic E-state index is 6.36. The molecule has 5 heteroatoms. The maximum atomic E-state index is 6.36. The monoisotopic (exact) mass is 470 g/mol. The van der Waals surface area contributed by atoms with Gasteiger partial charge in [-0.1, -0.05) is 50.2 Å². The first-order chi connectivity index (χ1) is 17.1. The average Bonchev–Trinajstić information content (AvgIpc) is 3.45. The van der Waals surface area contributed by atoms with Gasteiger partial charge in [0.25, 0.3) is 0 Å². The summed E-state index contributed by atoms with van der Waals surface area (Å²) in [5.41, 5.74) is 6.18. The summed E-state index contributed by atoms with van der Waals surface area (Å²) < 4.78 is 8.22. The number of benzene rings is 2. The third-order valence-electron chi connectivity index (χ3n) is 9.86. The van der Waals surface area contributed by atoms with E-state index in [-0.39, 0.29) is 0 Å². The van der Waals surface area contributed by atoms with Gasteiger partial charge in [-0.3, -0.25) is 0 Å². The minimum absolute atomic E-state index is 0.414. The van der Waals surface area contributed by atoms with E-state index in [9.17, 15) is 0 Å². The second-order valence-electron chi connectivity index (χ2n) is 11.4. The molecule has 0 bridgehead atoms. The predicted octanol–water partition coefficient (Wildman–Crippen LogP) is 6.07. The molecule has 6 rings (SSSR count). The molecule has 3 aromatic rings. The lowest BCUT2D eigenvalue weighted by Gasteiger charge is -2.51. The third kappa shape index (κ3) is 3.97. The van der Waals surface area contributed by atoms with Crippen LogP contribution in [0.3, 0.4) is 0 Å². The van der Waals surface area contributed by atoms with Crippen molar-refractivity contribution in [3.8, 4) is 5.75 Å². The van der Waals surface area contributed by atoms with Crippen LogP contribution in [0.4, 0.5) is 0 Å². The number of ether oxygens (including phenoxy) is 1. The topological polar surface area (TPSA) is 52.8 Å². The van der Waals surface area contributed by atoms with E-state index in [1.807, 2.05) is 11.7 Å². The Labute approximate surface area is 209 Å². The van der Waals surface area contributed by atoms with Crippen molar-refractivity contribution in [2.45, 2.75) is 77.7 Å². The Balaban J connectivity index is 1.22. The Bertz CT molecular complexity index is 1190. The molecule has 0 radical (unpaired) electrons. The number of hydrogen-bond donors (Lipinski definition) is 0. The largest absolute Gasteiger partial charge is 0.489 e. The van der Waals surface area contributed by atoms with E-state index in [1.54, 1.807) is 5.56 Å². The van der Waals surface area contributed by atoms with Crippen molar-refractivity contribution in [1.82, 2.24) is 20.2 Å². The first kappa shape index (κ1) is 22.8. The summed E-state index contributed by atoms with van der Waals surface area (Å²) in [5.74, 6) is 5.17. The van der Waals surface area contributed by atoms with Crippen LogP contribution in [0.1, 0.15) is 79.9 Å². The lowest BCUT2D eigenvalue weighted by atomic mass is 9.54. The molecule has 5 atom stereocenters. The molecule has 5 nitrogen and oxygen atoms in total. The summed E-state index contributed by atoms with van der Waals surface area (Å²) in [7, 11) is 1.97. The van der Waals surface area contributed by atoms with Gasteiger partial charge in [0.1, 0.15) is 12.4 Å². The third-order valence-corrected chi connectivity index (χ3v) is 9.86. The van der Waals surface area contributed by atoms with E-state index < -0.39 is 0 Å². The first-order valence-corrected chi connectivity index (χ1v) is 13.6. The minimum Gasteiger partial charge on any atom is -0.489 e. The summed E-state index contributed by atoms with van der Waals surface area (Å²) >= 11 is 0. The first-order valence-electron chi connectivity index (χ1n) is 13.6. The quantitative estimate of drug-likeness (QED) is 0.439. The van der Waals surface area contributed by atoms with Crippen LogP contribution in [0.2, 0.25) is 0 Å². The van der Waals surface area contributed by atoms with Crippen LogP contribution in [0.15, 0.2) is 42.5 Å². The zero-order chi connectivity index (χ0) is 24.0. The zero-order valence-corrected chi connectivity index (χ0v) is 21.4. The zero-order valence-electron chi connectivity index (χ0n) is 21.4. The molecule has 2 saturated carbocycles. The van der Waals surface area contributed by atoms with E-state index >= 15 is 0 Å². The number of fused-ring (bicyclic) bond motifs is 5. The number of rotatable bonds is 6. The van der Waals surface area contributed by atoms with E-state index in [2.05, 4.69) is 71.8 Å². The number of nitrogens with zero attached hydrogens (tertiary/aromatic N) is 4. The van der Waals surface area contributed by atoms with E-state index in [0.29, 0.717) is 23.9 Å². The summed E-state index contributed by atoms with van der Waals surface area (Å²) in [4.78, 5) is 0. The van der Waals surface area contributed by atoms with Crippen LogP contribution in [-0.2, 0) is 32.9 Å². The Kier molecular flexibility index (Phi) is 5.90. The molecule has 35 heavy (non-hydrogen) atoms. The fourth-order valence-corrected chi connectivity index (χ4v) is 7.88. The molecule has 1 aromatic heterocycles. The van der Waals surface area contributed by atoms with Crippen LogP contribution in [0, 0.1) is 23.2 Å². The van der Waals surface area contributed by atoms with Gasteiger partial charge in [-0.2, -0.15) is 0 Å². The highest BCUT2D eigenvalue weighted by molar-refractivity contribution is 5.46. The fraction of sp³-hybridized carbons (Fsp3) is 0.567. The van der Waals surface area contributed by atoms with E-state index in [0.717, 1.165) is 36.3 Å². The smallest absolute Gasteiger partial charge is 0.151 e. The lowest BCUT2D eigenvalue weighted by Crippen LogP contribution is -2.42. The molecule has 0 unspecified atom stereocenters. The molecule has 3 aliphatic rings. The van der Waals surface area contributed by atoms with E-state index in [4.69, 9.17) is 4.74 Å². The molecule has 1 heterocycles. The lowest BCUT2D eigenvalue weighted by molar-refractivity contribution is 0.0277. The number of hydrogen-bond acceptors (Lipinski definition) is 4. The second-order valence-corrected chi connectivity index (χ2v) is 11.4. The van der Waals surface area contributed by atoms with Gasteiger partial charge >= 0.3 is 0 Å². The summed E-state index contributed by atoms with van der Waals surface area (Å²) in [6.45, 7) is 5.49. The Morgan fingerprint density at radius 2 is 1.94 bits per heavy atom. The predicted molar refractivity (Wildman–Crippen MR) is 137 cm³/mol. The molecule has 0 saturated heterocycles. The number of tetrazole rings is 1. The maximum Gasteiger partial charge on any atom is 0.151 e. The molecular formula is C30H38N4O. The molecule has 3 aliphatic carbocycles. The van der Waals surface area contributed by atoms with Gasteiger partial charge < -0.3 is 4.74 Å². The van der Waals surface area contributed by atoms with Gasteiger partial charge in [0.15, 0.2) is 5.82 Å². The van der Waals surface area contributed by atoms with E-state index in [1.165, 1.54) is 55.2 Å². The average molecular weight is 471 g/mol. The highest BCUT2D eigenvalue weighted by Crippen LogP contribution is 2.63. The van der Waals surface area contributed by atoms with Crippen molar-refractivity contribution in [3.63, 3.8) is 0 Å². The molecule has 0 amide bonds. The molecule has 2 aromatic carbocycles. The fourth-order valence-electron chi connectivity index (χ4n) is 7.88. The highest BCUT2D eigenvalue weighted by Gasteiger charge is 2.54. The molecule has 184 valence electrons. The Morgan fingerprint density at radius 1 is 1.09 bits per heavy atom. The van der Waals surface area contributed by atoms with Crippen molar-refractivity contribution in [2.24, 2.45) is 30.2 Å². The van der Waals surface area contributed by atoms with Gasteiger partial charge in [-0.05, 0) is 113 Å². The molecule has 2 fully saturated rings. The van der Waals surface area contributed by atoms with Crippen LogP contribution < -0.4 is 4.74 Å². The summed E-state index contributed by atoms with van der Waals surface area (Å²) in [6, 6.07) is 15.4. The molecular weight excluding hydrogens is 432 g/mol. The minimum atomic E-state index is 0.414. The van der Waals surface area contributed by atoms with Crippen molar-refractivity contribution in [3.05, 3.63) is 70.5 Å². The number of aryl methyl sites for hydroxylation is 3. The van der Waals surface area contributed by atoms with Gasteiger partial charge in [-0.15, -0.1) is 5.10 Å². The van der Waals surface area contributed by atoms with Crippen molar-refractivity contribution in [2.75, 3.05) is 0 Å². The summed E-state index contributed by atoms with van der Waals surface area (Å²) in [5, 5.41) is 12.3. The second kappa shape index (κ2) is 9.07. The standard InChI is InChI=1S/C30H38N4O/c1-4-21-16-26-22(17-28(21)35-19-20-8-6-5-7-9-20)10-12-25-24(26)14-15-30(2)23(11-13-27(25)30)18-29-31-32-33-34(29)3/h5-9,16-17,23-25,27H,4,10-15,18-19H2,1-3H3/t23-,24+,25-,27+,30-/m1/s1. The number of aromatic nitrogens is 4. The normalized spacial score (nSPS) is 29.3. The van der Waals surface area contributed by atoms with Crippen molar-refractivity contribution in [1.29, 1.82) is 0 Å². The molecule has 0 aliphatic heterocycles. The van der Waals surface area contributed by atoms with Crippen LogP contribution in [0.5, 0.6) is 5.75 Å². The Hall–Kier alpha value is -2.69. The SMILES string of the molecule is CCc1cc2c(cc1OCc1ccccc1)CC[C@@H]1[C@@H]2CC[C@]2(C)[C@@H](Cc3nnnn3C)CC[C@@H]12. The van der Waals surface area contributed by atoms with Crippen molar-refractivity contribution < 1.29 is 4.74 Å². The Morgan fingerprint density at radius 3 is 2.71 bits per heavy atom. The van der Waals surface area contributed by atoms with Crippen molar-refractivity contribution >= 4 is 0 Å². The van der Waals surface area contributed by atoms with Gasteiger partial charge in [0.05, 0.1) is 0 Å². The molecule has 0 N–H and O–H groups in total.